The molecule has 52 heavy (non-hydrogen) atoms. The molecule has 0 aliphatic heterocycles. The van der Waals surface area contributed by atoms with Crippen molar-refractivity contribution in [2.24, 2.45) is 0 Å². The normalized spacial score (nSPS) is 11.5. The standard InChI is InChI=1S/C41H39FN4O5S/c1-2-3-18-38-43-35-23-25-45(26-24-36(47)30-14-8-5-9-15-30)41(49)40(35)46(38)28-32-21-20-31(27-34(32)42)33-16-10-11-17-37(33)52(50,51)44-39(48)22-19-29-12-6-4-7-13-29/h4-17,20-21,23,25,27H,2-3,18-19,22,24,26,28H2,1H3,(H,44,48). The summed E-state index contributed by atoms with van der Waals surface area (Å²) in [5.41, 5.74) is 2.80. The number of aromatic nitrogens is 3. The van der Waals surface area contributed by atoms with Crippen molar-refractivity contribution < 1.29 is 22.4 Å². The van der Waals surface area contributed by atoms with Gasteiger partial charge in [0.05, 0.1) is 17.0 Å². The van der Waals surface area contributed by atoms with E-state index < -0.39 is 21.7 Å². The number of rotatable bonds is 15. The number of aryl methyl sites for hydroxylation is 3. The molecule has 1 amide bonds. The fourth-order valence-corrected chi connectivity index (χ4v) is 7.44. The first kappa shape index (κ1) is 36.1. The van der Waals surface area contributed by atoms with Crippen LogP contribution in [0.3, 0.4) is 0 Å². The van der Waals surface area contributed by atoms with Crippen LogP contribution in [0, 0.1) is 5.82 Å². The minimum Gasteiger partial charge on any atom is -0.319 e. The van der Waals surface area contributed by atoms with Crippen LogP contribution >= 0.6 is 0 Å². The van der Waals surface area contributed by atoms with Gasteiger partial charge in [-0.05, 0) is 42.2 Å². The van der Waals surface area contributed by atoms with E-state index in [2.05, 4.69) is 11.6 Å². The summed E-state index contributed by atoms with van der Waals surface area (Å²) in [5.74, 6) is -0.667. The van der Waals surface area contributed by atoms with E-state index in [1.54, 1.807) is 71.4 Å². The average Bonchev–Trinajstić information content (AvgIpc) is 3.51. The zero-order chi connectivity index (χ0) is 36.7. The van der Waals surface area contributed by atoms with Gasteiger partial charge < -0.3 is 9.13 Å². The van der Waals surface area contributed by atoms with Crippen LogP contribution in [0.4, 0.5) is 4.39 Å². The van der Waals surface area contributed by atoms with Crippen molar-refractivity contribution in [3.8, 4) is 11.1 Å². The summed E-state index contributed by atoms with van der Waals surface area (Å²) >= 11 is 0. The lowest BCUT2D eigenvalue weighted by molar-refractivity contribution is -0.119. The summed E-state index contributed by atoms with van der Waals surface area (Å²) in [4.78, 5) is 43.8. The Morgan fingerprint density at radius 2 is 1.56 bits per heavy atom. The summed E-state index contributed by atoms with van der Waals surface area (Å²) < 4.78 is 48.2. The van der Waals surface area contributed by atoms with Gasteiger partial charge in [0, 0.05) is 48.7 Å². The highest BCUT2D eigenvalue weighted by Crippen LogP contribution is 2.29. The Kier molecular flexibility index (Phi) is 11.2. The number of amides is 1. The Labute approximate surface area is 301 Å². The third-order valence-electron chi connectivity index (χ3n) is 8.98. The van der Waals surface area contributed by atoms with Gasteiger partial charge in [-0.2, -0.15) is 0 Å². The van der Waals surface area contributed by atoms with Crippen molar-refractivity contribution in [2.75, 3.05) is 0 Å². The molecule has 0 aliphatic carbocycles. The maximum absolute atomic E-state index is 16.0. The Balaban J connectivity index is 1.26. The van der Waals surface area contributed by atoms with Gasteiger partial charge in [-0.3, -0.25) is 14.4 Å². The molecular formula is C41H39FN4O5S. The molecule has 0 aliphatic rings. The maximum atomic E-state index is 16.0. The molecule has 0 saturated heterocycles. The van der Waals surface area contributed by atoms with E-state index >= 15 is 4.39 Å². The maximum Gasteiger partial charge on any atom is 0.276 e. The molecule has 0 saturated carbocycles. The van der Waals surface area contributed by atoms with Gasteiger partial charge in [0.2, 0.25) is 5.91 Å². The number of hydrogen-bond donors (Lipinski definition) is 1. The Hall–Kier alpha value is -5.68. The van der Waals surface area contributed by atoms with Gasteiger partial charge in [0.15, 0.2) is 5.78 Å². The lowest BCUT2D eigenvalue weighted by atomic mass is 10.0. The van der Waals surface area contributed by atoms with E-state index in [4.69, 9.17) is 4.98 Å². The number of Topliss-reactive ketones (excluding diaryl/α,β-unsaturated/α-hetero) is 1. The Morgan fingerprint density at radius 3 is 2.29 bits per heavy atom. The molecule has 2 aromatic heterocycles. The first-order valence-electron chi connectivity index (χ1n) is 17.3. The summed E-state index contributed by atoms with van der Waals surface area (Å²) in [6.07, 6.45) is 4.43. The molecule has 0 spiro atoms. The lowest BCUT2D eigenvalue weighted by Gasteiger charge is -2.14. The van der Waals surface area contributed by atoms with Crippen molar-refractivity contribution in [3.05, 3.63) is 154 Å². The molecule has 0 radical (unpaired) electrons. The molecule has 1 N–H and O–H groups in total. The van der Waals surface area contributed by atoms with E-state index in [1.165, 1.54) is 16.7 Å². The van der Waals surface area contributed by atoms with Gasteiger partial charge in [-0.15, -0.1) is 0 Å². The number of benzene rings is 4. The van der Waals surface area contributed by atoms with Crippen LogP contribution < -0.4 is 10.3 Å². The number of imidazole rings is 1. The smallest absolute Gasteiger partial charge is 0.276 e. The second kappa shape index (κ2) is 16.1. The number of sulfonamides is 1. The number of pyridine rings is 1. The number of unbranched alkanes of at least 4 members (excludes halogenated alkanes) is 1. The van der Waals surface area contributed by atoms with Crippen LogP contribution in [0.5, 0.6) is 0 Å². The first-order chi connectivity index (χ1) is 25.1. The van der Waals surface area contributed by atoms with Crippen molar-refractivity contribution >= 4 is 32.7 Å². The summed E-state index contributed by atoms with van der Waals surface area (Å²) in [7, 11) is -4.27. The number of fused-ring (bicyclic) bond motifs is 1. The van der Waals surface area contributed by atoms with Crippen LogP contribution in [0.2, 0.25) is 0 Å². The number of hydrogen-bond acceptors (Lipinski definition) is 6. The zero-order valence-corrected chi connectivity index (χ0v) is 29.6. The summed E-state index contributed by atoms with van der Waals surface area (Å²) in [6, 6.07) is 30.5. The van der Waals surface area contributed by atoms with Gasteiger partial charge in [0.25, 0.3) is 15.6 Å². The minimum absolute atomic E-state index is 0.0152. The topological polar surface area (TPSA) is 120 Å². The molecular weight excluding hydrogens is 680 g/mol. The first-order valence-corrected chi connectivity index (χ1v) is 18.8. The van der Waals surface area contributed by atoms with Crippen molar-refractivity contribution in [3.63, 3.8) is 0 Å². The highest BCUT2D eigenvalue weighted by Gasteiger charge is 2.23. The number of ketones is 1. The monoisotopic (exact) mass is 718 g/mol. The van der Waals surface area contributed by atoms with E-state index in [0.717, 1.165) is 18.4 Å². The summed E-state index contributed by atoms with van der Waals surface area (Å²) in [5, 5.41) is 0. The molecule has 0 atom stereocenters. The van der Waals surface area contributed by atoms with Crippen LogP contribution in [0.25, 0.3) is 22.2 Å². The summed E-state index contributed by atoms with van der Waals surface area (Å²) in [6.45, 7) is 2.24. The molecule has 0 bridgehead atoms. The second-order valence-electron chi connectivity index (χ2n) is 12.6. The molecule has 6 aromatic rings. The number of carbonyl (C=O) groups is 2. The third-order valence-corrected chi connectivity index (χ3v) is 10.4. The van der Waals surface area contributed by atoms with Crippen molar-refractivity contribution in [2.45, 2.75) is 63.4 Å². The molecule has 6 rings (SSSR count). The zero-order valence-electron chi connectivity index (χ0n) is 28.8. The average molecular weight is 719 g/mol. The quantitative estimate of drug-likeness (QED) is 0.113. The molecule has 11 heteroatoms. The van der Waals surface area contributed by atoms with E-state index in [-0.39, 0.29) is 53.3 Å². The van der Waals surface area contributed by atoms with Crippen LogP contribution in [0.15, 0.2) is 125 Å². The Morgan fingerprint density at radius 1 is 0.846 bits per heavy atom. The largest absolute Gasteiger partial charge is 0.319 e. The van der Waals surface area contributed by atoms with E-state index in [1.807, 2.05) is 36.4 Å². The van der Waals surface area contributed by atoms with Crippen LogP contribution in [-0.2, 0) is 40.7 Å². The Bertz CT molecular complexity index is 2390. The number of halogens is 1. The molecule has 0 fully saturated rings. The predicted molar refractivity (Wildman–Crippen MR) is 199 cm³/mol. The van der Waals surface area contributed by atoms with Crippen LogP contribution in [-0.4, -0.2) is 34.2 Å². The van der Waals surface area contributed by atoms with Gasteiger partial charge >= 0.3 is 0 Å². The predicted octanol–water partition coefficient (Wildman–Crippen LogP) is 7.11. The SMILES string of the molecule is CCCCc1nc2ccn(CCC(=O)c3ccccc3)c(=O)c2n1Cc1ccc(-c2ccccc2S(=O)(=O)NC(=O)CCc2ccccc2)cc1F. The lowest BCUT2D eigenvalue weighted by Crippen LogP contribution is -2.31. The number of nitrogens with zero attached hydrogens (tertiary/aromatic N) is 3. The molecule has 9 nitrogen and oxygen atoms in total. The highest BCUT2D eigenvalue weighted by molar-refractivity contribution is 7.90. The minimum atomic E-state index is -4.27. The third kappa shape index (κ3) is 8.26. The fraction of sp³-hybridized carbons (Fsp3) is 0.220. The van der Waals surface area contributed by atoms with E-state index in [9.17, 15) is 22.8 Å². The number of nitrogens with one attached hydrogen (secondary N) is 1. The number of carbonyl (C=O) groups excluding carboxylic acids is 2. The van der Waals surface area contributed by atoms with Crippen molar-refractivity contribution in [1.82, 2.24) is 18.8 Å². The second-order valence-corrected chi connectivity index (χ2v) is 14.3. The van der Waals surface area contributed by atoms with Gasteiger partial charge in [0.1, 0.15) is 17.2 Å². The van der Waals surface area contributed by atoms with E-state index in [0.29, 0.717) is 40.8 Å². The van der Waals surface area contributed by atoms with Crippen molar-refractivity contribution in [1.29, 1.82) is 0 Å². The van der Waals surface area contributed by atoms with Gasteiger partial charge in [-0.25, -0.2) is 22.5 Å². The fourth-order valence-electron chi connectivity index (χ4n) is 6.20. The molecule has 4 aromatic carbocycles. The van der Waals surface area contributed by atoms with Crippen LogP contribution in [0.1, 0.15) is 59.9 Å². The molecule has 266 valence electrons. The molecule has 0 unspecified atom stereocenters. The highest BCUT2D eigenvalue weighted by atomic mass is 32.2. The van der Waals surface area contributed by atoms with Gasteiger partial charge in [-0.1, -0.05) is 104 Å². The molecule has 2 heterocycles.